The van der Waals surface area contributed by atoms with Crippen LogP contribution in [0.5, 0.6) is 0 Å². The molecule has 1 rings (SSSR count). The first-order chi connectivity index (χ1) is 7.99. The lowest BCUT2D eigenvalue weighted by Gasteiger charge is -2.18. The zero-order chi connectivity index (χ0) is 12.8. The number of likely N-dealkylation sites (N-methyl/N-ethyl adjacent to an activating group) is 1. The highest BCUT2D eigenvalue weighted by Crippen LogP contribution is 2.09. The van der Waals surface area contributed by atoms with Gasteiger partial charge in [0.15, 0.2) is 0 Å². The van der Waals surface area contributed by atoms with Crippen LogP contribution in [0.25, 0.3) is 0 Å². The second-order valence-corrected chi connectivity index (χ2v) is 5.36. The third-order valence-corrected chi connectivity index (χ3v) is 3.06. The lowest BCUT2D eigenvalue weighted by atomic mass is 10.1. The Balaban J connectivity index is 2.45. The van der Waals surface area contributed by atoms with Gasteiger partial charge < -0.3 is 4.90 Å². The zero-order valence-electron chi connectivity index (χ0n) is 10.8. The summed E-state index contributed by atoms with van der Waals surface area (Å²) in [5, 5.41) is 0. The Morgan fingerprint density at radius 3 is 2.41 bits per heavy atom. The molecule has 94 valence electrons. The predicted molar refractivity (Wildman–Crippen MR) is 74.5 cm³/mol. The van der Waals surface area contributed by atoms with Gasteiger partial charge in [-0.2, -0.15) is 0 Å². The standard InChI is InChI=1S/C14H21NOS/c1-11(2)8-9-15(3)14(16)10-12-4-6-13(17)7-5-12/h4-7,11,17H,8-10H2,1-3H3. The van der Waals surface area contributed by atoms with E-state index in [2.05, 4.69) is 26.5 Å². The van der Waals surface area contributed by atoms with Crippen LogP contribution in [0, 0.1) is 5.92 Å². The summed E-state index contributed by atoms with van der Waals surface area (Å²) in [6.45, 7) is 5.18. The second kappa shape index (κ2) is 6.70. The predicted octanol–water partition coefficient (Wildman–Crippen LogP) is 3.02. The van der Waals surface area contributed by atoms with Crippen molar-refractivity contribution in [1.82, 2.24) is 4.90 Å². The first-order valence-electron chi connectivity index (χ1n) is 6.01. The minimum atomic E-state index is 0.178. The molecular weight excluding hydrogens is 230 g/mol. The lowest BCUT2D eigenvalue weighted by molar-refractivity contribution is -0.129. The molecule has 0 aliphatic rings. The van der Waals surface area contributed by atoms with Crippen molar-refractivity contribution in [2.24, 2.45) is 5.92 Å². The average Bonchev–Trinajstić information content (AvgIpc) is 2.28. The quantitative estimate of drug-likeness (QED) is 0.798. The van der Waals surface area contributed by atoms with Gasteiger partial charge in [0, 0.05) is 18.5 Å². The summed E-state index contributed by atoms with van der Waals surface area (Å²) >= 11 is 4.22. The first kappa shape index (κ1) is 14.1. The fraction of sp³-hybridized carbons (Fsp3) is 0.500. The van der Waals surface area contributed by atoms with E-state index in [0.717, 1.165) is 23.4 Å². The molecule has 0 saturated heterocycles. The molecule has 1 aromatic rings. The summed E-state index contributed by atoms with van der Waals surface area (Å²) in [6, 6.07) is 7.74. The van der Waals surface area contributed by atoms with Gasteiger partial charge in [-0.1, -0.05) is 26.0 Å². The molecule has 17 heavy (non-hydrogen) atoms. The van der Waals surface area contributed by atoms with Crippen molar-refractivity contribution in [2.45, 2.75) is 31.6 Å². The van der Waals surface area contributed by atoms with Gasteiger partial charge in [0.2, 0.25) is 5.91 Å². The number of thiol groups is 1. The van der Waals surface area contributed by atoms with E-state index >= 15 is 0 Å². The zero-order valence-corrected chi connectivity index (χ0v) is 11.7. The van der Waals surface area contributed by atoms with Crippen LogP contribution >= 0.6 is 12.6 Å². The lowest BCUT2D eigenvalue weighted by Crippen LogP contribution is -2.29. The number of nitrogens with zero attached hydrogens (tertiary/aromatic N) is 1. The second-order valence-electron chi connectivity index (χ2n) is 4.84. The molecule has 3 heteroatoms. The van der Waals surface area contributed by atoms with Gasteiger partial charge in [-0.3, -0.25) is 4.79 Å². The Hall–Kier alpha value is -0.960. The number of rotatable bonds is 5. The van der Waals surface area contributed by atoms with Crippen molar-refractivity contribution in [1.29, 1.82) is 0 Å². The Morgan fingerprint density at radius 2 is 1.88 bits per heavy atom. The number of carbonyl (C=O) groups excluding carboxylic acids is 1. The number of carbonyl (C=O) groups is 1. The van der Waals surface area contributed by atoms with E-state index in [-0.39, 0.29) is 5.91 Å². The molecule has 2 nitrogen and oxygen atoms in total. The highest BCUT2D eigenvalue weighted by Gasteiger charge is 2.09. The summed E-state index contributed by atoms with van der Waals surface area (Å²) in [5.74, 6) is 0.811. The van der Waals surface area contributed by atoms with E-state index in [1.807, 2.05) is 36.2 Å². The number of hydrogen-bond donors (Lipinski definition) is 1. The van der Waals surface area contributed by atoms with E-state index in [9.17, 15) is 4.79 Å². The normalized spacial score (nSPS) is 10.6. The van der Waals surface area contributed by atoms with Crippen molar-refractivity contribution in [3.05, 3.63) is 29.8 Å². The van der Waals surface area contributed by atoms with Gasteiger partial charge in [0.25, 0.3) is 0 Å². The molecule has 0 saturated carbocycles. The van der Waals surface area contributed by atoms with Crippen molar-refractivity contribution in [3.63, 3.8) is 0 Å². The summed E-state index contributed by atoms with van der Waals surface area (Å²) in [4.78, 5) is 14.7. The van der Waals surface area contributed by atoms with Crippen LogP contribution in [-0.2, 0) is 11.2 Å². The Morgan fingerprint density at radius 1 is 1.29 bits per heavy atom. The van der Waals surface area contributed by atoms with Gasteiger partial charge in [-0.05, 0) is 30.0 Å². The molecule has 0 aromatic heterocycles. The van der Waals surface area contributed by atoms with Crippen LogP contribution in [0.2, 0.25) is 0 Å². The Labute approximate surface area is 109 Å². The topological polar surface area (TPSA) is 20.3 Å². The summed E-state index contributed by atoms with van der Waals surface area (Å²) in [7, 11) is 1.87. The van der Waals surface area contributed by atoms with Gasteiger partial charge >= 0.3 is 0 Å². The third-order valence-electron chi connectivity index (χ3n) is 2.76. The molecule has 1 amide bonds. The molecular formula is C14H21NOS. The smallest absolute Gasteiger partial charge is 0.226 e. The molecule has 0 aliphatic heterocycles. The van der Waals surface area contributed by atoms with E-state index < -0.39 is 0 Å². The third kappa shape index (κ3) is 5.26. The molecule has 0 radical (unpaired) electrons. The monoisotopic (exact) mass is 251 g/mol. The molecule has 0 unspecified atom stereocenters. The molecule has 0 fully saturated rings. The molecule has 0 heterocycles. The minimum absolute atomic E-state index is 0.178. The summed E-state index contributed by atoms with van der Waals surface area (Å²) in [5.41, 5.74) is 1.05. The number of amides is 1. The maximum atomic E-state index is 11.9. The molecule has 0 N–H and O–H groups in total. The average molecular weight is 251 g/mol. The number of benzene rings is 1. The van der Waals surface area contributed by atoms with Gasteiger partial charge in [0.05, 0.1) is 6.42 Å². The van der Waals surface area contributed by atoms with Crippen LogP contribution in [0.4, 0.5) is 0 Å². The Bertz CT molecular complexity index is 359. The highest BCUT2D eigenvalue weighted by molar-refractivity contribution is 7.80. The van der Waals surface area contributed by atoms with Crippen molar-refractivity contribution in [3.8, 4) is 0 Å². The maximum absolute atomic E-state index is 11.9. The van der Waals surface area contributed by atoms with Crippen LogP contribution in [-0.4, -0.2) is 24.4 Å². The largest absolute Gasteiger partial charge is 0.345 e. The van der Waals surface area contributed by atoms with Crippen molar-refractivity contribution in [2.75, 3.05) is 13.6 Å². The van der Waals surface area contributed by atoms with Crippen molar-refractivity contribution < 1.29 is 4.79 Å². The van der Waals surface area contributed by atoms with Crippen molar-refractivity contribution >= 4 is 18.5 Å². The van der Waals surface area contributed by atoms with E-state index in [4.69, 9.17) is 0 Å². The van der Waals surface area contributed by atoms with E-state index in [0.29, 0.717) is 12.3 Å². The fourth-order valence-corrected chi connectivity index (χ4v) is 1.65. The van der Waals surface area contributed by atoms with Crippen LogP contribution < -0.4 is 0 Å². The molecule has 0 bridgehead atoms. The Kier molecular flexibility index (Phi) is 5.56. The summed E-state index contributed by atoms with van der Waals surface area (Å²) in [6.07, 6.45) is 1.53. The highest BCUT2D eigenvalue weighted by atomic mass is 32.1. The molecule has 0 atom stereocenters. The van der Waals surface area contributed by atoms with Gasteiger partial charge in [0.1, 0.15) is 0 Å². The minimum Gasteiger partial charge on any atom is -0.345 e. The van der Waals surface area contributed by atoms with Crippen LogP contribution in [0.15, 0.2) is 29.2 Å². The molecule has 0 spiro atoms. The van der Waals surface area contributed by atoms with Gasteiger partial charge in [-0.15, -0.1) is 12.6 Å². The first-order valence-corrected chi connectivity index (χ1v) is 6.45. The van der Waals surface area contributed by atoms with E-state index in [1.165, 1.54) is 0 Å². The van der Waals surface area contributed by atoms with E-state index in [1.54, 1.807) is 0 Å². The maximum Gasteiger partial charge on any atom is 0.226 e. The summed E-state index contributed by atoms with van der Waals surface area (Å²) < 4.78 is 0. The van der Waals surface area contributed by atoms with Crippen LogP contribution in [0.1, 0.15) is 25.8 Å². The van der Waals surface area contributed by atoms with Gasteiger partial charge in [-0.25, -0.2) is 0 Å². The fourth-order valence-electron chi connectivity index (χ4n) is 1.50. The molecule has 1 aromatic carbocycles. The molecule has 0 aliphatic carbocycles. The SMILES string of the molecule is CC(C)CCN(C)C(=O)Cc1ccc(S)cc1. The van der Waals surface area contributed by atoms with Crippen LogP contribution in [0.3, 0.4) is 0 Å². The number of hydrogen-bond acceptors (Lipinski definition) is 2.